The van der Waals surface area contributed by atoms with Crippen molar-refractivity contribution in [3.63, 3.8) is 0 Å². The molecule has 0 spiro atoms. The molecule has 1 N–H and O–H groups in total. The van der Waals surface area contributed by atoms with Gasteiger partial charge in [-0.15, -0.1) is 0 Å². The van der Waals surface area contributed by atoms with Crippen LogP contribution < -0.4 is 10.6 Å². The van der Waals surface area contributed by atoms with E-state index in [1.54, 1.807) is 6.08 Å². The van der Waals surface area contributed by atoms with E-state index < -0.39 is 7.14 Å². The van der Waals surface area contributed by atoms with Crippen LogP contribution in [0.25, 0.3) is 0 Å². The largest absolute Gasteiger partial charge is 0.392 e. The number of rotatable bonds is 6. The normalized spacial score (nSPS) is 17.6. The summed E-state index contributed by atoms with van der Waals surface area (Å²) in [6.45, 7) is -0.00714. The molecule has 0 aliphatic heterocycles. The van der Waals surface area contributed by atoms with Crippen LogP contribution in [0.2, 0.25) is 0 Å². The maximum atomic E-state index is 14.6. The summed E-state index contributed by atoms with van der Waals surface area (Å²) in [4.78, 5) is 0. The van der Waals surface area contributed by atoms with Crippen LogP contribution >= 0.6 is 7.14 Å². The third-order valence-corrected chi connectivity index (χ3v) is 8.83. The minimum absolute atomic E-state index is 0.00714. The van der Waals surface area contributed by atoms with E-state index in [1.807, 2.05) is 66.7 Å². The Balaban J connectivity index is 2.13. The molecule has 3 rings (SSSR count). The average molecular weight is 354 g/mol. The highest BCUT2D eigenvalue weighted by atomic mass is 31.2. The van der Waals surface area contributed by atoms with Gasteiger partial charge in [-0.2, -0.15) is 0 Å². The van der Waals surface area contributed by atoms with Crippen molar-refractivity contribution in [1.82, 2.24) is 0 Å². The van der Waals surface area contributed by atoms with Crippen LogP contribution in [0.1, 0.15) is 32.1 Å². The summed E-state index contributed by atoms with van der Waals surface area (Å²) in [5.74, 6) is 0.405. The Hall–Kier alpha value is -1.63. The Morgan fingerprint density at radius 3 is 1.92 bits per heavy atom. The van der Waals surface area contributed by atoms with Gasteiger partial charge < -0.3 is 9.67 Å². The maximum absolute atomic E-state index is 14.6. The molecule has 1 fully saturated rings. The van der Waals surface area contributed by atoms with Crippen molar-refractivity contribution in [2.24, 2.45) is 5.92 Å². The Morgan fingerprint density at radius 1 is 0.920 bits per heavy atom. The monoisotopic (exact) mass is 354 g/mol. The van der Waals surface area contributed by atoms with Gasteiger partial charge in [0.15, 0.2) is 0 Å². The molecule has 25 heavy (non-hydrogen) atoms. The Labute approximate surface area is 151 Å². The summed E-state index contributed by atoms with van der Waals surface area (Å²) in [5.41, 5.74) is -0.0512. The first kappa shape index (κ1) is 18.2. The van der Waals surface area contributed by atoms with Gasteiger partial charge in [-0.25, -0.2) is 0 Å². The maximum Gasteiger partial charge on any atom is 0.150 e. The van der Waals surface area contributed by atoms with E-state index in [-0.39, 0.29) is 12.3 Å². The summed E-state index contributed by atoms with van der Waals surface area (Å²) in [7, 11) is -2.83. The van der Waals surface area contributed by atoms with Gasteiger partial charge in [0, 0.05) is 16.3 Å². The molecule has 1 aliphatic rings. The van der Waals surface area contributed by atoms with Crippen molar-refractivity contribution in [3.05, 3.63) is 72.8 Å². The lowest BCUT2D eigenvalue weighted by atomic mass is 9.86. The molecule has 2 aromatic carbocycles. The van der Waals surface area contributed by atoms with Crippen LogP contribution in [0, 0.1) is 5.92 Å². The second-order valence-electron chi connectivity index (χ2n) is 6.83. The number of hydrogen-bond donors (Lipinski definition) is 1. The van der Waals surface area contributed by atoms with Crippen LogP contribution in [0.4, 0.5) is 0 Å². The minimum atomic E-state index is -2.83. The molecule has 1 saturated carbocycles. The Bertz CT molecular complexity index is 675. The molecule has 0 bridgehead atoms. The summed E-state index contributed by atoms with van der Waals surface area (Å²) in [6, 6.07) is 19.8. The van der Waals surface area contributed by atoms with Gasteiger partial charge in [0.1, 0.15) is 7.14 Å². The first-order valence-electron chi connectivity index (χ1n) is 9.25. The van der Waals surface area contributed by atoms with Crippen molar-refractivity contribution in [2.45, 2.75) is 37.8 Å². The van der Waals surface area contributed by atoms with Crippen molar-refractivity contribution in [1.29, 1.82) is 0 Å². The Morgan fingerprint density at radius 2 is 1.44 bits per heavy atom. The fourth-order valence-corrected chi connectivity index (χ4v) is 7.52. The number of hydrogen-bond acceptors (Lipinski definition) is 2. The second kappa shape index (κ2) is 8.65. The SMILES string of the molecule is O=P(c1ccccc1)(c1ccccc1)C(/C=C/CO)C1CCCCC1. The molecule has 132 valence electrons. The van der Waals surface area contributed by atoms with Crippen LogP contribution in [0.5, 0.6) is 0 Å². The van der Waals surface area contributed by atoms with E-state index in [0.717, 1.165) is 23.5 Å². The van der Waals surface area contributed by atoms with E-state index in [2.05, 4.69) is 0 Å². The smallest absolute Gasteiger partial charge is 0.150 e. The fourth-order valence-electron chi connectivity index (χ4n) is 4.04. The van der Waals surface area contributed by atoms with Gasteiger partial charge >= 0.3 is 0 Å². The fraction of sp³-hybridized carbons (Fsp3) is 0.364. The molecule has 0 aromatic heterocycles. The highest BCUT2D eigenvalue weighted by Crippen LogP contribution is 2.54. The molecule has 3 heteroatoms. The van der Waals surface area contributed by atoms with Gasteiger partial charge in [-0.05, 0) is 18.8 Å². The molecule has 0 heterocycles. The van der Waals surface area contributed by atoms with Crippen LogP contribution in [0.15, 0.2) is 72.8 Å². The first-order valence-corrected chi connectivity index (χ1v) is 11.0. The molecule has 0 radical (unpaired) electrons. The van der Waals surface area contributed by atoms with Gasteiger partial charge in [0.25, 0.3) is 0 Å². The molecule has 0 amide bonds. The predicted octanol–water partition coefficient (Wildman–Crippen LogP) is 4.50. The summed E-state index contributed by atoms with van der Waals surface area (Å²) in [6.07, 6.45) is 9.71. The van der Waals surface area contributed by atoms with Crippen LogP contribution in [-0.2, 0) is 4.57 Å². The lowest BCUT2D eigenvalue weighted by Crippen LogP contribution is -2.31. The van der Waals surface area contributed by atoms with E-state index in [0.29, 0.717) is 5.92 Å². The molecule has 2 aromatic rings. The minimum Gasteiger partial charge on any atom is -0.392 e. The second-order valence-corrected chi connectivity index (χ2v) is 9.77. The first-order chi connectivity index (χ1) is 12.3. The number of aliphatic hydroxyl groups is 1. The number of benzene rings is 2. The molecule has 1 unspecified atom stereocenters. The predicted molar refractivity (Wildman–Crippen MR) is 106 cm³/mol. The topological polar surface area (TPSA) is 37.3 Å². The number of allylic oxidation sites excluding steroid dienone is 1. The third-order valence-electron chi connectivity index (χ3n) is 5.27. The number of aliphatic hydroxyl groups excluding tert-OH is 1. The third kappa shape index (κ3) is 3.97. The van der Waals surface area contributed by atoms with E-state index in [4.69, 9.17) is 0 Å². The molecular formula is C22H27O2P. The standard InChI is InChI=1S/C22H27O2P/c23-18-10-17-22(19-11-4-1-5-12-19)25(24,20-13-6-2-7-14-20)21-15-8-3-9-16-21/h2-3,6-10,13-17,19,22-23H,1,4-5,11-12,18H2/b17-10+. The van der Waals surface area contributed by atoms with E-state index >= 15 is 0 Å². The van der Waals surface area contributed by atoms with Crippen LogP contribution in [-0.4, -0.2) is 17.4 Å². The van der Waals surface area contributed by atoms with Gasteiger partial charge in [0.2, 0.25) is 0 Å². The zero-order valence-corrected chi connectivity index (χ0v) is 15.5. The lowest BCUT2D eigenvalue weighted by Gasteiger charge is -2.35. The van der Waals surface area contributed by atoms with Crippen LogP contribution in [0.3, 0.4) is 0 Å². The highest BCUT2D eigenvalue weighted by molar-refractivity contribution is 7.79. The van der Waals surface area contributed by atoms with Crippen molar-refractivity contribution in [3.8, 4) is 0 Å². The van der Waals surface area contributed by atoms with Gasteiger partial charge in [-0.1, -0.05) is 92.1 Å². The highest BCUT2D eigenvalue weighted by Gasteiger charge is 2.39. The zero-order chi connectivity index (χ0) is 17.5. The van der Waals surface area contributed by atoms with E-state index in [9.17, 15) is 9.67 Å². The molecule has 2 nitrogen and oxygen atoms in total. The molecule has 1 atom stereocenters. The summed E-state index contributed by atoms with van der Waals surface area (Å²) < 4.78 is 14.6. The van der Waals surface area contributed by atoms with Gasteiger partial charge in [0.05, 0.1) is 6.61 Å². The van der Waals surface area contributed by atoms with Crippen molar-refractivity contribution >= 4 is 17.8 Å². The Kier molecular flexibility index (Phi) is 6.29. The molecular weight excluding hydrogens is 327 g/mol. The average Bonchev–Trinajstić information content (AvgIpc) is 2.70. The summed E-state index contributed by atoms with van der Waals surface area (Å²) >= 11 is 0. The molecule has 1 aliphatic carbocycles. The van der Waals surface area contributed by atoms with E-state index in [1.165, 1.54) is 19.3 Å². The summed E-state index contributed by atoms with van der Waals surface area (Å²) in [5, 5.41) is 11.2. The quantitative estimate of drug-likeness (QED) is 0.613. The van der Waals surface area contributed by atoms with Gasteiger partial charge in [-0.3, -0.25) is 0 Å². The van der Waals surface area contributed by atoms with Crippen molar-refractivity contribution in [2.75, 3.05) is 6.61 Å². The zero-order valence-electron chi connectivity index (χ0n) is 14.6. The molecule has 0 saturated heterocycles. The van der Waals surface area contributed by atoms with Crippen molar-refractivity contribution < 1.29 is 9.67 Å². The lowest BCUT2D eigenvalue weighted by molar-refractivity contribution is 0.339.